The van der Waals surface area contributed by atoms with Crippen LogP contribution in [0.2, 0.25) is 5.28 Å². The minimum absolute atomic E-state index is 0.306. The number of hydrogen-bond donors (Lipinski definition) is 0. The van der Waals surface area contributed by atoms with Crippen molar-refractivity contribution in [1.29, 1.82) is 0 Å². The molecule has 0 amide bonds. The summed E-state index contributed by atoms with van der Waals surface area (Å²) >= 11 is 5.87. The maximum absolute atomic E-state index is 5.87. The molecule has 1 atom stereocenters. The van der Waals surface area contributed by atoms with E-state index in [9.17, 15) is 0 Å². The summed E-state index contributed by atoms with van der Waals surface area (Å²) in [7, 11) is 0. The fourth-order valence-corrected chi connectivity index (χ4v) is 2.74. The van der Waals surface area contributed by atoms with Crippen molar-refractivity contribution in [1.82, 2.24) is 15.0 Å². The Morgan fingerprint density at radius 1 is 1.21 bits per heavy atom. The lowest BCUT2D eigenvalue weighted by atomic mass is 10.1. The number of pyridine rings is 1. The molecule has 2 aromatic heterocycles. The van der Waals surface area contributed by atoms with Gasteiger partial charge in [0.1, 0.15) is 5.82 Å². The van der Waals surface area contributed by atoms with E-state index in [2.05, 4.69) is 25.9 Å². The van der Waals surface area contributed by atoms with Crippen molar-refractivity contribution < 1.29 is 0 Å². The molecule has 1 fully saturated rings. The third-order valence-electron chi connectivity index (χ3n) is 3.45. The van der Waals surface area contributed by atoms with Gasteiger partial charge in [-0.3, -0.25) is 4.98 Å². The van der Waals surface area contributed by atoms with E-state index in [0.29, 0.717) is 11.3 Å². The van der Waals surface area contributed by atoms with Gasteiger partial charge in [0.25, 0.3) is 0 Å². The van der Waals surface area contributed by atoms with Crippen molar-refractivity contribution >= 4 is 17.4 Å². The fourth-order valence-electron chi connectivity index (χ4n) is 2.60. The van der Waals surface area contributed by atoms with Gasteiger partial charge in [-0.05, 0) is 42.6 Å². The monoisotopic (exact) mass is 274 g/mol. The Morgan fingerprint density at radius 3 is 2.95 bits per heavy atom. The Bertz CT molecular complexity index is 546. The van der Waals surface area contributed by atoms with E-state index in [-0.39, 0.29) is 0 Å². The first-order chi connectivity index (χ1) is 9.33. The van der Waals surface area contributed by atoms with Crippen LogP contribution in [0.5, 0.6) is 0 Å². The van der Waals surface area contributed by atoms with Crippen molar-refractivity contribution in [2.45, 2.75) is 25.3 Å². The SMILES string of the molecule is Clc1nccc(N2CCC[C@@H]2Cc2ccccn2)n1. The highest BCUT2D eigenvalue weighted by Gasteiger charge is 2.26. The van der Waals surface area contributed by atoms with Crippen LogP contribution in [0.25, 0.3) is 0 Å². The molecular weight excluding hydrogens is 260 g/mol. The van der Waals surface area contributed by atoms with Gasteiger partial charge in [0.15, 0.2) is 0 Å². The molecule has 0 saturated carbocycles. The molecular formula is C14H15ClN4. The summed E-state index contributed by atoms with van der Waals surface area (Å²) in [6, 6.07) is 8.41. The highest BCUT2D eigenvalue weighted by Crippen LogP contribution is 2.26. The van der Waals surface area contributed by atoms with Crippen LogP contribution in [0.3, 0.4) is 0 Å². The van der Waals surface area contributed by atoms with Crippen LogP contribution >= 0.6 is 11.6 Å². The molecule has 0 bridgehead atoms. The Labute approximate surface area is 117 Å². The summed E-state index contributed by atoms with van der Waals surface area (Å²) in [5.74, 6) is 0.915. The van der Waals surface area contributed by atoms with Crippen molar-refractivity contribution in [2.24, 2.45) is 0 Å². The second-order valence-corrected chi connectivity index (χ2v) is 5.04. The van der Waals surface area contributed by atoms with E-state index >= 15 is 0 Å². The van der Waals surface area contributed by atoms with Crippen LogP contribution in [-0.2, 0) is 6.42 Å². The Balaban J connectivity index is 1.78. The largest absolute Gasteiger partial charge is 0.353 e. The number of hydrogen-bond acceptors (Lipinski definition) is 4. The number of halogens is 1. The topological polar surface area (TPSA) is 41.9 Å². The molecule has 4 nitrogen and oxygen atoms in total. The van der Waals surface area contributed by atoms with Crippen LogP contribution in [0.1, 0.15) is 18.5 Å². The standard InChI is InChI=1S/C14H15ClN4/c15-14-17-8-6-13(18-14)19-9-3-5-12(19)10-11-4-1-2-7-16-11/h1-2,4,6-8,12H,3,5,9-10H2/t12-/m1/s1. The van der Waals surface area contributed by atoms with E-state index in [1.54, 1.807) is 6.20 Å². The van der Waals surface area contributed by atoms with Crippen molar-refractivity contribution in [2.75, 3.05) is 11.4 Å². The highest BCUT2D eigenvalue weighted by molar-refractivity contribution is 6.28. The van der Waals surface area contributed by atoms with Crippen LogP contribution in [0.4, 0.5) is 5.82 Å². The molecule has 1 saturated heterocycles. The van der Waals surface area contributed by atoms with Crippen molar-refractivity contribution in [3.63, 3.8) is 0 Å². The zero-order chi connectivity index (χ0) is 13.1. The van der Waals surface area contributed by atoms with Crippen LogP contribution in [0.15, 0.2) is 36.7 Å². The molecule has 0 N–H and O–H groups in total. The van der Waals surface area contributed by atoms with Gasteiger partial charge in [-0.2, -0.15) is 0 Å². The predicted molar refractivity (Wildman–Crippen MR) is 75.4 cm³/mol. The minimum atomic E-state index is 0.306. The third-order valence-corrected chi connectivity index (χ3v) is 3.64. The maximum Gasteiger partial charge on any atom is 0.224 e. The van der Waals surface area contributed by atoms with Gasteiger partial charge in [0.2, 0.25) is 5.28 Å². The minimum Gasteiger partial charge on any atom is -0.353 e. The second kappa shape index (κ2) is 5.53. The van der Waals surface area contributed by atoms with Gasteiger partial charge < -0.3 is 4.90 Å². The van der Waals surface area contributed by atoms with Gasteiger partial charge in [0.05, 0.1) is 0 Å². The maximum atomic E-state index is 5.87. The van der Waals surface area contributed by atoms with E-state index in [4.69, 9.17) is 11.6 Å². The van der Waals surface area contributed by atoms with Gasteiger partial charge in [0, 0.05) is 37.1 Å². The Morgan fingerprint density at radius 2 is 2.16 bits per heavy atom. The summed E-state index contributed by atoms with van der Waals surface area (Å²) in [6.07, 6.45) is 6.84. The van der Waals surface area contributed by atoms with Gasteiger partial charge in [-0.1, -0.05) is 6.07 Å². The second-order valence-electron chi connectivity index (χ2n) is 4.70. The average molecular weight is 275 g/mol. The molecule has 3 rings (SSSR count). The molecule has 0 radical (unpaired) electrons. The van der Waals surface area contributed by atoms with Crippen molar-refractivity contribution in [3.8, 4) is 0 Å². The molecule has 0 spiro atoms. The first-order valence-electron chi connectivity index (χ1n) is 6.48. The van der Waals surface area contributed by atoms with E-state index in [1.807, 2.05) is 24.4 Å². The van der Waals surface area contributed by atoms with Gasteiger partial charge in [-0.15, -0.1) is 0 Å². The van der Waals surface area contributed by atoms with Crippen molar-refractivity contribution in [3.05, 3.63) is 47.6 Å². The van der Waals surface area contributed by atoms with Gasteiger partial charge >= 0.3 is 0 Å². The number of nitrogens with zero attached hydrogens (tertiary/aromatic N) is 4. The average Bonchev–Trinajstić information content (AvgIpc) is 2.88. The summed E-state index contributed by atoms with van der Waals surface area (Å²) in [5.41, 5.74) is 1.12. The zero-order valence-electron chi connectivity index (χ0n) is 10.5. The molecule has 1 aliphatic heterocycles. The molecule has 5 heteroatoms. The molecule has 2 aromatic rings. The number of aromatic nitrogens is 3. The summed E-state index contributed by atoms with van der Waals surface area (Å²) < 4.78 is 0. The summed E-state index contributed by atoms with van der Waals surface area (Å²) in [4.78, 5) is 15.0. The highest BCUT2D eigenvalue weighted by atomic mass is 35.5. The molecule has 19 heavy (non-hydrogen) atoms. The molecule has 0 aromatic carbocycles. The summed E-state index contributed by atoms with van der Waals surface area (Å²) in [6.45, 7) is 1.02. The van der Waals surface area contributed by atoms with Gasteiger partial charge in [-0.25, -0.2) is 9.97 Å². The Hall–Kier alpha value is -1.68. The van der Waals surface area contributed by atoms with Crippen LogP contribution in [-0.4, -0.2) is 27.5 Å². The summed E-state index contributed by atoms with van der Waals surface area (Å²) in [5, 5.41) is 0.306. The number of anilines is 1. The molecule has 1 aliphatic rings. The first-order valence-corrected chi connectivity index (χ1v) is 6.86. The number of rotatable bonds is 3. The quantitative estimate of drug-likeness (QED) is 0.807. The predicted octanol–water partition coefficient (Wildman–Crippen LogP) is 2.74. The molecule has 0 aliphatic carbocycles. The van der Waals surface area contributed by atoms with Crippen LogP contribution in [0, 0.1) is 0 Å². The van der Waals surface area contributed by atoms with Crippen LogP contribution < -0.4 is 4.90 Å². The lowest BCUT2D eigenvalue weighted by Gasteiger charge is -2.25. The lowest BCUT2D eigenvalue weighted by Crippen LogP contribution is -2.32. The smallest absolute Gasteiger partial charge is 0.224 e. The molecule has 0 unspecified atom stereocenters. The first kappa shape index (κ1) is 12.4. The third kappa shape index (κ3) is 2.84. The fraction of sp³-hybridized carbons (Fsp3) is 0.357. The lowest BCUT2D eigenvalue weighted by molar-refractivity contribution is 0.647. The normalized spacial score (nSPS) is 18.8. The van der Waals surface area contributed by atoms with E-state index in [1.165, 1.54) is 6.42 Å². The zero-order valence-corrected chi connectivity index (χ0v) is 11.3. The molecule has 3 heterocycles. The molecule has 98 valence electrons. The Kier molecular flexibility index (Phi) is 3.60. The van der Waals surface area contributed by atoms with E-state index < -0.39 is 0 Å². The van der Waals surface area contributed by atoms with E-state index in [0.717, 1.165) is 30.9 Å².